The second kappa shape index (κ2) is 8.28. The van der Waals surface area contributed by atoms with Gasteiger partial charge < -0.3 is 4.90 Å². The van der Waals surface area contributed by atoms with E-state index in [1.165, 1.54) is 55.4 Å². The minimum absolute atomic E-state index is 0.824. The minimum atomic E-state index is 0.824. The molecule has 0 saturated carbocycles. The first-order chi connectivity index (χ1) is 11.9. The van der Waals surface area contributed by atoms with Gasteiger partial charge in [0.2, 0.25) is 5.95 Å². The van der Waals surface area contributed by atoms with Gasteiger partial charge in [0, 0.05) is 61.1 Å². The van der Waals surface area contributed by atoms with Crippen molar-refractivity contribution in [2.24, 2.45) is 11.8 Å². The van der Waals surface area contributed by atoms with Crippen molar-refractivity contribution in [1.29, 1.82) is 0 Å². The van der Waals surface area contributed by atoms with Gasteiger partial charge in [-0.2, -0.15) is 23.5 Å². The second-order valence-corrected chi connectivity index (χ2v) is 9.52. The van der Waals surface area contributed by atoms with Gasteiger partial charge in [-0.05, 0) is 43.7 Å². The minimum Gasteiger partial charge on any atom is -0.341 e. The van der Waals surface area contributed by atoms with Crippen molar-refractivity contribution in [3.05, 3.63) is 18.5 Å². The van der Waals surface area contributed by atoms with Crippen molar-refractivity contribution in [2.75, 3.05) is 54.1 Å². The summed E-state index contributed by atoms with van der Waals surface area (Å²) < 4.78 is 0. The molecule has 0 bridgehead atoms. The molecule has 4 nitrogen and oxygen atoms in total. The van der Waals surface area contributed by atoms with E-state index in [1.54, 1.807) is 0 Å². The summed E-state index contributed by atoms with van der Waals surface area (Å²) in [7, 11) is 0. The third kappa shape index (κ3) is 4.02. The molecule has 0 amide bonds. The lowest BCUT2D eigenvalue weighted by Gasteiger charge is -2.35. The van der Waals surface area contributed by atoms with Crippen LogP contribution in [0.3, 0.4) is 0 Å². The molecule has 4 rings (SSSR count). The highest BCUT2D eigenvalue weighted by Gasteiger charge is 2.35. The number of aromatic nitrogens is 2. The number of rotatable bonds is 3. The highest BCUT2D eigenvalue weighted by atomic mass is 32.2. The van der Waals surface area contributed by atoms with E-state index in [1.807, 2.05) is 18.5 Å². The van der Waals surface area contributed by atoms with Crippen LogP contribution >= 0.6 is 23.5 Å². The normalized spacial score (nSPS) is 28.2. The van der Waals surface area contributed by atoms with Crippen molar-refractivity contribution in [2.45, 2.75) is 25.3 Å². The zero-order valence-corrected chi connectivity index (χ0v) is 16.0. The molecular formula is C18H28N4S2. The first-order valence-corrected chi connectivity index (χ1v) is 11.6. The van der Waals surface area contributed by atoms with Crippen LogP contribution in [0, 0.1) is 11.8 Å². The van der Waals surface area contributed by atoms with Crippen LogP contribution in [0.5, 0.6) is 0 Å². The summed E-state index contributed by atoms with van der Waals surface area (Å²) in [6.45, 7) is 4.93. The van der Waals surface area contributed by atoms with E-state index in [9.17, 15) is 0 Å². The van der Waals surface area contributed by atoms with Crippen LogP contribution in [-0.4, -0.2) is 70.1 Å². The van der Waals surface area contributed by atoms with Crippen LogP contribution in [0.25, 0.3) is 0 Å². The highest BCUT2D eigenvalue weighted by molar-refractivity contribution is 8.03. The molecule has 3 saturated heterocycles. The summed E-state index contributed by atoms with van der Waals surface area (Å²) in [5, 5.41) is 0. The number of anilines is 1. The Morgan fingerprint density at radius 2 is 1.54 bits per heavy atom. The van der Waals surface area contributed by atoms with Crippen molar-refractivity contribution in [1.82, 2.24) is 14.9 Å². The van der Waals surface area contributed by atoms with Gasteiger partial charge in [-0.25, -0.2) is 9.97 Å². The van der Waals surface area contributed by atoms with Gasteiger partial charge in [0.15, 0.2) is 0 Å². The Kier molecular flexibility index (Phi) is 5.86. The molecule has 3 fully saturated rings. The van der Waals surface area contributed by atoms with Gasteiger partial charge in [0.1, 0.15) is 0 Å². The van der Waals surface area contributed by atoms with Crippen LogP contribution < -0.4 is 4.90 Å². The summed E-state index contributed by atoms with van der Waals surface area (Å²) in [6, 6.07) is 2.72. The Morgan fingerprint density at radius 1 is 0.875 bits per heavy atom. The maximum Gasteiger partial charge on any atom is 0.225 e. The van der Waals surface area contributed by atoms with Crippen molar-refractivity contribution in [3.63, 3.8) is 0 Å². The smallest absolute Gasteiger partial charge is 0.225 e. The van der Waals surface area contributed by atoms with Crippen LogP contribution in [0.1, 0.15) is 19.3 Å². The molecule has 0 unspecified atom stereocenters. The van der Waals surface area contributed by atoms with Crippen LogP contribution in [0.4, 0.5) is 5.95 Å². The Balaban J connectivity index is 1.27. The van der Waals surface area contributed by atoms with E-state index in [0.717, 1.165) is 36.9 Å². The van der Waals surface area contributed by atoms with Gasteiger partial charge in [-0.3, -0.25) is 4.90 Å². The summed E-state index contributed by atoms with van der Waals surface area (Å²) in [6.07, 6.45) is 7.74. The summed E-state index contributed by atoms with van der Waals surface area (Å²) in [5.74, 6) is 8.13. The lowest BCUT2D eigenvalue weighted by Crippen LogP contribution is -2.40. The standard InChI is InChI=1S/C18H28N4S2/c1-5-19-18(20-6-1)21-7-2-15(3-8-21)16-4-9-22(12-16)17-13-23-10-11-24-14-17/h1,5-6,15-17H,2-4,7-14H2/t16-/m1/s1. The quantitative estimate of drug-likeness (QED) is 0.820. The van der Waals surface area contributed by atoms with Gasteiger partial charge in [0.05, 0.1) is 0 Å². The lowest BCUT2D eigenvalue weighted by molar-refractivity contribution is 0.233. The van der Waals surface area contributed by atoms with E-state index in [-0.39, 0.29) is 0 Å². The molecule has 0 aliphatic carbocycles. The number of likely N-dealkylation sites (tertiary alicyclic amines) is 1. The maximum atomic E-state index is 4.41. The Morgan fingerprint density at radius 3 is 2.25 bits per heavy atom. The van der Waals surface area contributed by atoms with E-state index >= 15 is 0 Å². The zero-order chi connectivity index (χ0) is 16.2. The monoisotopic (exact) mass is 364 g/mol. The van der Waals surface area contributed by atoms with Crippen molar-refractivity contribution < 1.29 is 0 Å². The van der Waals surface area contributed by atoms with Gasteiger partial charge in [-0.15, -0.1) is 0 Å². The highest BCUT2D eigenvalue weighted by Crippen LogP contribution is 2.34. The largest absolute Gasteiger partial charge is 0.341 e. The van der Waals surface area contributed by atoms with Crippen LogP contribution in [0.2, 0.25) is 0 Å². The molecule has 3 aliphatic heterocycles. The fourth-order valence-corrected chi connectivity index (χ4v) is 7.00. The first-order valence-electron chi connectivity index (χ1n) is 9.31. The lowest BCUT2D eigenvalue weighted by atomic mass is 9.84. The maximum absolute atomic E-state index is 4.41. The molecule has 0 N–H and O–H groups in total. The molecule has 1 aromatic heterocycles. The average Bonchev–Trinajstić information content (AvgIpc) is 2.98. The predicted octanol–water partition coefficient (Wildman–Crippen LogP) is 2.86. The van der Waals surface area contributed by atoms with E-state index in [4.69, 9.17) is 0 Å². The number of thioether (sulfide) groups is 2. The molecule has 1 aromatic rings. The Labute approximate surface area is 154 Å². The number of nitrogens with zero attached hydrogens (tertiary/aromatic N) is 4. The van der Waals surface area contributed by atoms with Gasteiger partial charge in [-0.1, -0.05) is 0 Å². The zero-order valence-electron chi connectivity index (χ0n) is 14.3. The molecular weight excluding hydrogens is 336 g/mol. The molecule has 4 heterocycles. The first kappa shape index (κ1) is 17.0. The Hall–Kier alpha value is -0.460. The molecule has 0 radical (unpaired) electrons. The predicted molar refractivity (Wildman–Crippen MR) is 105 cm³/mol. The topological polar surface area (TPSA) is 32.3 Å². The van der Waals surface area contributed by atoms with E-state index in [0.29, 0.717) is 0 Å². The fourth-order valence-electron chi connectivity index (χ4n) is 4.37. The van der Waals surface area contributed by atoms with Crippen molar-refractivity contribution in [3.8, 4) is 0 Å². The molecule has 6 heteroatoms. The molecule has 1 atom stereocenters. The van der Waals surface area contributed by atoms with Crippen LogP contribution in [0.15, 0.2) is 18.5 Å². The fraction of sp³-hybridized carbons (Fsp3) is 0.778. The molecule has 24 heavy (non-hydrogen) atoms. The van der Waals surface area contributed by atoms with Gasteiger partial charge >= 0.3 is 0 Å². The molecule has 0 aromatic carbocycles. The number of hydrogen-bond acceptors (Lipinski definition) is 6. The third-order valence-corrected chi connectivity index (χ3v) is 8.29. The second-order valence-electron chi connectivity index (χ2n) is 7.22. The molecule has 132 valence electrons. The Bertz CT molecular complexity index is 499. The number of piperidine rings is 1. The average molecular weight is 365 g/mol. The summed E-state index contributed by atoms with van der Waals surface area (Å²) in [4.78, 5) is 14.0. The summed E-state index contributed by atoms with van der Waals surface area (Å²) >= 11 is 4.32. The SMILES string of the molecule is c1cnc(N2CCC([C@@H]3CCN(C4CSCCSC4)C3)CC2)nc1. The van der Waals surface area contributed by atoms with E-state index < -0.39 is 0 Å². The summed E-state index contributed by atoms with van der Waals surface area (Å²) in [5.41, 5.74) is 0. The molecule has 3 aliphatic rings. The van der Waals surface area contributed by atoms with E-state index in [2.05, 4.69) is 43.3 Å². The third-order valence-electron chi connectivity index (χ3n) is 5.81. The van der Waals surface area contributed by atoms with Crippen LogP contribution in [-0.2, 0) is 0 Å². The number of hydrogen-bond donors (Lipinski definition) is 0. The van der Waals surface area contributed by atoms with Gasteiger partial charge in [0.25, 0.3) is 0 Å². The molecule has 0 spiro atoms. The van der Waals surface area contributed by atoms with Crippen molar-refractivity contribution >= 4 is 29.5 Å².